The molecule has 162 valence electrons. The van der Waals surface area contributed by atoms with Crippen LogP contribution in [-0.2, 0) is 9.59 Å². The zero-order valence-corrected chi connectivity index (χ0v) is 17.4. The highest BCUT2D eigenvalue weighted by Crippen LogP contribution is 2.08. The third-order valence-electron chi connectivity index (χ3n) is 4.09. The molecule has 7 heteroatoms. The molecule has 0 aromatic heterocycles. The van der Waals surface area contributed by atoms with Crippen LogP contribution in [-0.4, -0.2) is 36.2 Å². The molecule has 0 rings (SSSR count). The summed E-state index contributed by atoms with van der Waals surface area (Å²) < 4.78 is 0. The van der Waals surface area contributed by atoms with Crippen molar-refractivity contribution in [1.29, 1.82) is 0 Å². The molecule has 0 heterocycles. The van der Waals surface area contributed by atoms with E-state index in [2.05, 4.69) is 30.3 Å². The summed E-state index contributed by atoms with van der Waals surface area (Å²) in [5.74, 6) is 0.813. The zero-order valence-electron chi connectivity index (χ0n) is 17.4. The van der Waals surface area contributed by atoms with E-state index in [0.29, 0.717) is 30.6 Å². The maximum Gasteiger partial charge on any atom is 0.186 e. The van der Waals surface area contributed by atoms with Crippen LogP contribution in [0.5, 0.6) is 0 Å². The van der Waals surface area contributed by atoms with Crippen molar-refractivity contribution in [2.45, 2.75) is 92.7 Å². The van der Waals surface area contributed by atoms with Crippen molar-refractivity contribution >= 4 is 17.6 Å². The lowest BCUT2D eigenvalue weighted by molar-refractivity contribution is -0.438. The molecule has 0 saturated heterocycles. The maximum atomic E-state index is 10.9. The Hall–Kier alpha value is -1.47. The number of aliphatic carboxylic acids is 1. The predicted molar refractivity (Wildman–Crippen MR) is 110 cm³/mol. The topological polar surface area (TPSA) is 151 Å². The number of quaternary nitrogens is 2. The number of Topliss-reactive ketones (excluding diaryl/α,β-unsaturated/α-hetero) is 1. The number of amidine groups is 1. The van der Waals surface area contributed by atoms with E-state index in [4.69, 9.17) is 5.73 Å². The Balaban J connectivity index is -0.000000416. The largest absolute Gasteiger partial charge is 0.544 e. The Kier molecular flexibility index (Phi) is 20.1. The number of aliphatic imine (C=N–C) groups is 1. The molecule has 0 bridgehead atoms. The Bertz CT molecular complexity index is 423. The second-order valence-corrected chi connectivity index (χ2v) is 7.61. The number of unbranched alkanes of at least 4 members (excludes halogenated alkanes) is 1. The van der Waals surface area contributed by atoms with Crippen LogP contribution in [0.25, 0.3) is 0 Å². The summed E-state index contributed by atoms with van der Waals surface area (Å²) in [6, 6.07) is -0.623. The number of nitrogens with two attached hydrogens (primary N) is 1. The van der Waals surface area contributed by atoms with Gasteiger partial charge in [-0.15, -0.1) is 0 Å². The highest BCUT2D eigenvalue weighted by atomic mass is 16.4. The van der Waals surface area contributed by atoms with Gasteiger partial charge in [0.15, 0.2) is 5.78 Å². The molecule has 0 aliphatic rings. The fraction of sp³-hybridized carbons (Fsp3) is 0.850. The first-order valence-electron chi connectivity index (χ1n) is 9.66. The maximum absolute atomic E-state index is 10.9. The van der Waals surface area contributed by atoms with Crippen LogP contribution < -0.4 is 22.3 Å². The van der Waals surface area contributed by atoms with E-state index < -0.39 is 12.0 Å². The molecule has 0 spiro atoms. The second-order valence-electron chi connectivity index (χ2n) is 7.61. The summed E-state index contributed by atoms with van der Waals surface area (Å²) in [5.41, 5.74) is 12.9. The number of carboxylic acids is 1. The van der Waals surface area contributed by atoms with Crippen molar-refractivity contribution in [3.63, 3.8) is 0 Å². The summed E-state index contributed by atoms with van der Waals surface area (Å²) in [6.07, 6.45) is 5.53. The third-order valence-corrected chi connectivity index (χ3v) is 4.09. The van der Waals surface area contributed by atoms with Crippen LogP contribution in [0.4, 0.5) is 0 Å². The van der Waals surface area contributed by atoms with Gasteiger partial charge in [0.1, 0.15) is 12.1 Å². The fourth-order valence-electron chi connectivity index (χ4n) is 1.99. The highest BCUT2D eigenvalue weighted by Gasteiger charge is 2.10. The van der Waals surface area contributed by atoms with Gasteiger partial charge in [-0.1, -0.05) is 48.0 Å². The van der Waals surface area contributed by atoms with Crippen molar-refractivity contribution in [3.8, 4) is 0 Å². The molecule has 0 aromatic rings. The lowest BCUT2D eigenvalue weighted by atomic mass is 10.0. The average Bonchev–Trinajstić information content (AvgIpc) is 2.54. The van der Waals surface area contributed by atoms with E-state index in [1.54, 1.807) is 6.92 Å². The number of nitrogens with zero attached hydrogens (tertiary/aromatic N) is 1. The van der Waals surface area contributed by atoms with Crippen molar-refractivity contribution < 1.29 is 26.2 Å². The highest BCUT2D eigenvalue weighted by molar-refractivity contribution is 5.82. The molecule has 0 aliphatic carbocycles. The van der Waals surface area contributed by atoms with Crippen molar-refractivity contribution in [2.75, 3.05) is 6.54 Å². The SMILES string of the molecule is C.CC(=O)C([NH3+])CCCN=C(N)C(C)C.CC(C)CCCCC([NH3+])C(=O)[O-]. The minimum atomic E-state index is -1.03. The van der Waals surface area contributed by atoms with E-state index in [0.717, 1.165) is 25.7 Å². The molecule has 0 aromatic carbocycles. The lowest BCUT2D eigenvalue weighted by Gasteiger charge is -2.09. The van der Waals surface area contributed by atoms with Crippen LogP contribution in [0.3, 0.4) is 0 Å². The number of rotatable bonds is 12. The molecule has 0 fully saturated rings. The normalized spacial score (nSPS) is 13.4. The van der Waals surface area contributed by atoms with Gasteiger partial charge in [0, 0.05) is 32.2 Å². The Morgan fingerprint density at radius 1 is 0.963 bits per heavy atom. The van der Waals surface area contributed by atoms with Gasteiger partial charge in [-0.2, -0.15) is 0 Å². The van der Waals surface area contributed by atoms with Gasteiger partial charge in [0.25, 0.3) is 0 Å². The summed E-state index contributed by atoms with van der Waals surface area (Å²) in [6.45, 7) is 10.6. The van der Waals surface area contributed by atoms with Gasteiger partial charge in [0.2, 0.25) is 0 Å². The number of hydrogen-bond acceptors (Lipinski definition) is 4. The molecule has 2 unspecified atom stereocenters. The number of ketones is 1. The first-order chi connectivity index (χ1) is 12.0. The van der Waals surface area contributed by atoms with Gasteiger partial charge in [-0.05, 0) is 18.8 Å². The summed E-state index contributed by atoms with van der Waals surface area (Å²) in [5, 5.41) is 10.3. The van der Waals surface area contributed by atoms with Gasteiger partial charge in [-0.3, -0.25) is 9.79 Å². The first kappa shape index (κ1) is 30.3. The minimum Gasteiger partial charge on any atom is -0.544 e. The van der Waals surface area contributed by atoms with Crippen LogP contribution in [0.15, 0.2) is 4.99 Å². The zero-order chi connectivity index (χ0) is 20.7. The number of carbonyl (C=O) groups excluding carboxylic acids is 2. The summed E-state index contributed by atoms with van der Waals surface area (Å²) in [4.78, 5) is 25.3. The standard InChI is InChI=1S/C10H21N3O.C9H19NO2.CH4/c1-7(2)10(12)13-6-4-5-9(11)8(3)14;1-7(2)5-3-4-6-8(10)9(11)12;/h7,9H,4-6,11H2,1-3H3,(H2,12,13);7-8H,3-6,10H2,1-2H3,(H,11,12);1H4/p+1. The Morgan fingerprint density at radius 3 is 1.85 bits per heavy atom. The van der Waals surface area contributed by atoms with Crippen molar-refractivity contribution in [3.05, 3.63) is 0 Å². The summed E-state index contributed by atoms with van der Waals surface area (Å²) in [7, 11) is 0. The van der Waals surface area contributed by atoms with Crippen LogP contribution >= 0.6 is 0 Å². The minimum absolute atomic E-state index is 0. The van der Waals surface area contributed by atoms with E-state index >= 15 is 0 Å². The molecule has 0 radical (unpaired) electrons. The molecule has 0 amide bonds. The first-order valence-corrected chi connectivity index (χ1v) is 9.66. The molecular weight excluding hydrogens is 344 g/mol. The van der Waals surface area contributed by atoms with Crippen LogP contribution in [0.1, 0.15) is 80.6 Å². The summed E-state index contributed by atoms with van der Waals surface area (Å²) >= 11 is 0. The van der Waals surface area contributed by atoms with Gasteiger partial charge in [-0.25, -0.2) is 0 Å². The van der Waals surface area contributed by atoms with E-state index in [9.17, 15) is 14.7 Å². The van der Waals surface area contributed by atoms with Crippen molar-refractivity contribution in [1.82, 2.24) is 0 Å². The molecular formula is C20H45N4O3+. The van der Waals surface area contributed by atoms with Gasteiger partial charge < -0.3 is 27.1 Å². The average molecular weight is 390 g/mol. The fourth-order valence-corrected chi connectivity index (χ4v) is 1.99. The van der Waals surface area contributed by atoms with Crippen LogP contribution in [0.2, 0.25) is 0 Å². The molecule has 27 heavy (non-hydrogen) atoms. The second kappa shape index (κ2) is 17.9. The molecule has 7 nitrogen and oxygen atoms in total. The Labute approximate surface area is 166 Å². The molecule has 0 aliphatic heterocycles. The Morgan fingerprint density at radius 2 is 1.44 bits per heavy atom. The third kappa shape index (κ3) is 20.7. The van der Waals surface area contributed by atoms with E-state index in [1.165, 1.54) is 6.42 Å². The monoisotopic (exact) mass is 389 g/mol. The predicted octanol–water partition coefficient (Wildman–Crippen LogP) is 0.179. The van der Waals surface area contributed by atoms with E-state index in [-0.39, 0.29) is 19.3 Å². The van der Waals surface area contributed by atoms with Gasteiger partial charge in [0.05, 0.1) is 11.8 Å². The van der Waals surface area contributed by atoms with Crippen molar-refractivity contribution in [2.24, 2.45) is 22.6 Å². The quantitative estimate of drug-likeness (QED) is 0.248. The number of carboxylic acid groups (broad SMARTS) is 1. The number of carbonyl (C=O) groups is 2. The van der Waals surface area contributed by atoms with Gasteiger partial charge >= 0.3 is 0 Å². The molecule has 8 N–H and O–H groups in total. The molecule has 2 atom stereocenters. The number of hydrogen-bond donors (Lipinski definition) is 3. The molecule has 0 saturated carbocycles. The van der Waals surface area contributed by atoms with Crippen LogP contribution in [0, 0.1) is 11.8 Å². The smallest absolute Gasteiger partial charge is 0.186 e. The van der Waals surface area contributed by atoms with E-state index in [1.807, 2.05) is 13.8 Å². The lowest BCUT2D eigenvalue weighted by Crippen LogP contribution is -2.68.